The van der Waals surface area contributed by atoms with Gasteiger partial charge in [-0.25, -0.2) is 4.79 Å². The van der Waals surface area contributed by atoms with Gasteiger partial charge in [-0.1, -0.05) is 24.3 Å². The molecule has 0 aromatic heterocycles. The first kappa shape index (κ1) is 20.3. The van der Waals surface area contributed by atoms with Gasteiger partial charge in [-0.2, -0.15) is 0 Å². The average molecular weight is 398 g/mol. The van der Waals surface area contributed by atoms with Crippen molar-refractivity contribution >= 4 is 17.6 Å². The van der Waals surface area contributed by atoms with Gasteiger partial charge in [0.25, 0.3) is 11.6 Å². The number of nitrogens with one attached hydrogen (secondary N) is 1. The maximum absolute atomic E-state index is 12.6. The highest BCUT2D eigenvalue weighted by Crippen LogP contribution is 2.30. The first-order valence-corrected chi connectivity index (χ1v) is 9.32. The van der Waals surface area contributed by atoms with Gasteiger partial charge in [0.15, 0.2) is 6.10 Å². The lowest BCUT2D eigenvalue weighted by molar-refractivity contribution is -0.384. The molecule has 0 bridgehead atoms. The van der Waals surface area contributed by atoms with E-state index in [0.717, 1.165) is 30.9 Å². The molecule has 29 heavy (non-hydrogen) atoms. The fourth-order valence-corrected chi connectivity index (χ4v) is 3.44. The molecule has 0 heterocycles. The van der Waals surface area contributed by atoms with Gasteiger partial charge in [-0.3, -0.25) is 14.9 Å². The molecule has 2 aromatic carbocycles. The third-order valence-electron chi connectivity index (χ3n) is 4.95. The molecule has 2 atom stereocenters. The molecule has 0 fully saturated rings. The Hall–Kier alpha value is -3.42. The van der Waals surface area contributed by atoms with Crippen molar-refractivity contribution in [2.24, 2.45) is 0 Å². The number of nitrogens with zero attached hydrogens (tertiary/aromatic N) is 1. The summed E-state index contributed by atoms with van der Waals surface area (Å²) in [6.45, 7) is 1.46. The van der Waals surface area contributed by atoms with Crippen LogP contribution < -0.4 is 10.1 Å². The number of non-ortho nitro benzene ring substituents is 1. The van der Waals surface area contributed by atoms with Crippen LogP contribution in [0.3, 0.4) is 0 Å². The molecule has 0 saturated heterocycles. The third kappa shape index (κ3) is 4.53. The Kier molecular flexibility index (Phi) is 6.11. The molecule has 3 rings (SSSR count). The predicted molar refractivity (Wildman–Crippen MR) is 105 cm³/mol. The number of carbonyl (C=O) groups excluding carboxylic acids is 2. The standard InChI is InChI=1S/C21H22N2O6/c1-13(20(24)22-18-9-5-7-14-6-3-4-8-16(14)18)29-21(25)17-12-15(23(26)27)10-11-19(17)28-2/h3-4,6,8,10-13,18H,5,7,9H2,1-2H3,(H,22,24)/t13-,18-/m0/s1. The van der Waals surface area contributed by atoms with Gasteiger partial charge in [0.1, 0.15) is 11.3 Å². The van der Waals surface area contributed by atoms with Gasteiger partial charge in [0.2, 0.25) is 0 Å². The van der Waals surface area contributed by atoms with Crippen molar-refractivity contribution in [2.45, 2.75) is 38.3 Å². The molecule has 0 spiro atoms. The van der Waals surface area contributed by atoms with E-state index in [1.165, 1.54) is 31.7 Å². The number of benzene rings is 2. The van der Waals surface area contributed by atoms with Gasteiger partial charge in [-0.05, 0) is 43.4 Å². The van der Waals surface area contributed by atoms with Crippen LogP contribution in [0, 0.1) is 10.1 Å². The van der Waals surface area contributed by atoms with Crippen molar-refractivity contribution < 1.29 is 24.0 Å². The highest BCUT2D eigenvalue weighted by Gasteiger charge is 2.27. The van der Waals surface area contributed by atoms with E-state index in [1.54, 1.807) is 0 Å². The molecule has 1 N–H and O–H groups in total. The van der Waals surface area contributed by atoms with Crippen molar-refractivity contribution in [2.75, 3.05) is 7.11 Å². The molecule has 1 amide bonds. The van der Waals surface area contributed by atoms with Crippen LogP contribution in [0.15, 0.2) is 42.5 Å². The number of amides is 1. The van der Waals surface area contributed by atoms with Crippen LogP contribution in [-0.2, 0) is 16.0 Å². The maximum atomic E-state index is 12.6. The lowest BCUT2D eigenvalue weighted by Crippen LogP contribution is -2.39. The number of hydrogen-bond acceptors (Lipinski definition) is 6. The Bertz CT molecular complexity index is 943. The fraction of sp³-hybridized carbons (Fsp3) is 0.333. The van der Waals surface area contributed by atoms with Gasteiger partial charge >= 0.3 is 5.97 Å². The summed E-state index contributed by atoms with van der Waals surface area (Å²) >= 11 is 0. The van der Waals surface area contributed by atoms with E-state index < -0.39 is 22.9 Å². The molecule has 152 valence electrons. The Morgan fingerprint density at radius 2 is 2.00 bits per heavy atom. The summed E-state index contributed by atoms with van der Waals surface area (Å²) < 4.78 is 10.3. The van der Waals surface area contributed by atoms with E-state index in [1.807, 2.05) is 24.3 Å². The fourth-order valence-electron chi connectivity index (χ4n) is 3.44. The topological polar surface area (TPSA) is 108 Å². The van der Waals surface area contributed by atoms with Crippen molar-refractivity contribution in [3.05, 3.63) is 69.3 Å². The first-order valence-electron chi connectivity index (χ1n) is 9.32. The van der Waals surface area contributed by atoms with Crippen LogP contribution >= 0.6 is 0 Å². The summed E-state index contributed by atoms with van der Waals surface area (Å²) in [6.07, 6.45) is 1.67. The minimum atomic E-state index is -1.07. The molecule has 0 unspecified atom stereocenters. The minimum absolute atomic E-state index is 0.107. The Morgan fingerprint density at radius 3 is 2.72 bits per heavy atom. The Labute approximate surface area is 168 Å². The number of carbonyl (C=O) groups is 2. The zero-order valence-corrected chi connectivity index (χ0v) is 16.2. The molecule has 8 heteroatoms. The maximum Gasteiger partial charge on any atom is 0.342 e. The third-order valence-corrected chi connectivity index (χ3v) is 4.95. The summed E-state index contributed by atoms with van der Waals surface area (Å²) in [4.78, 5) is 35.4. The quantitative estimate of drug-likeness (QED) is 0.454. The van der Waals surface area contributed by atoms with Crippen molar-refractivity contribution in [3.63, 3.8) is 0 Å². The molecular weight excluding hydrogens is 376 g/mol. The normalized spacial score (nSPS) is 16.3. The number of hydrogen-bond donors (Lipinski definition) is 1. The van der Waals surface area contributed by atoms with Crippen LogP contribution in [0.25, 0.3) is 0 Å². The zero-order chi connectivity index (χ0) is 21.0. The number of methoxy groups -OCH3 is 1. The largest absolute Gasteiger partial charge is 0.496 e. The summed E-state index contributed by atoms with van der Waals surface area (Å²) in [5.41, 5.74) is 1.90. The first-order chi connectivity index (χ1) is 13.9. The van der Waals surface area contributed by atoms with Gasteiger partial charge in [0, 0.05) is 12.1 Å². The molecule has 0 aliphatic heterocycles. The second-order valence-electron chi connectivity index (χ2n) is 6.84. The van der Waals surface area contributed by atoms with Crippen molar-refractivity contribution in [1.82, 2.24) is 5.32 Å². The lowest BCUT2D eigenvalue weighted by Gasteiger charge is -2.27. The van der Waals surface area contributed by atoms with Crippen LogP contribution in [0.5, 0.6) is 5.75 Å². The number of nitro benzene ring substituents is 1. The van der Waals surface area contributed by atoms with Gasteiger partial charge in [-0.15, -0.1) is 0 Å². The molecule has 1 aliphatic carbocycles. The van der Waals surface area contributed by atoms with Crippen molar-refractivity contribution in [3.8, 4) is 5.75 Å². The Morgan fingerprint density at radius 1 is 1.24 bits per heavy atom. The number of ether oxygens (including phenoxy) is 2. The van der Waals surface area contributed by atoms with E-state index >= 15 is 0 Å². The molecule has 0 saturated carbocycles. The van der Waals surface area contributed by atoms with Crippen LogP contribution in [0.1, 0.15) is 47.3 Å². The summed E-state index contributed by atoms with van der Waals surface area (Å²) in [5.74, 6) is -1.16. The SMILES string of the molecule is COc1ccc([N+](=O)[O-])cc1C(=O)O[C@@H](C)C(=O)N[C@H]1CCCc2ccccc21. The smallest absolute Gasteiger partial charge is 0.342 e. The average Bonchev–Trinajstić information content (AvgIpc) is 2.73. The lowest BCUT2D eigenvalue weighted by atomic mass is 9.87. The van der Waals surface area contributed by atoms with E-state index in [0.29, 0.717) is 0 Å². The number of aryl methyl sites for hydroxylation is 1. The zero-order valence-electron chi connectivity index (χ0n) is 16.2. The van der Waals surface area contributed by atoms with Crippen LogP contribution in [-0.4, -0.2) is 30.0 Å². The van der Waals surface area contributed by atoms with Crippen LogP contribution in [0.4, 0.5) is 5.69 Å². The number of fused-ring (bicyclic) bond motifs is 1. The molecule has 8 nitrogen and oxygen atoms in total. The summed E-state index contributed by atoms with van der Waals surface area (Å²) in [7, 11) is 1.34. The van der Waals surface area contributed by atoms with Crippen LogP contribution in [0.2, 0.25) is 0 Å². The molecule has 0 radical (unpaired) electrons. The Balaban J connectivity index is 1.70. The van der Waals surface area contributed by atoms with E-state index in [9.17, 15) is 19.7 Å². The molecule has 2 aromatic rings. The number of nitro groups is 1. The number of esters is 1. The van der Waals surface area contributed by atoms with E-state index in [4.69, 9.17) is 9.47 Å². The highest BCUT2D eigenvalue weighted by atomic mass is 16.6. The number of rotatable bonds is 6. The highest BCUT2D eigenvalue weighted by molar-refractivity contribution is 5.95. The predicted octanol–water partition coefficient (Wildman–Crippen LogP) is 3.34. The monoisotopic (exact) mass is 398 g/mol. The summed E-state index contributed by atoms with van der Waals surface area (Å²) in [6, 6.07) is 11.4. The van der Waals surface area contributed by atoms with Gasteiger partial charge in [0.05, 0.1) is 18.1 Å². The minimum Gasteiger partial charge on any atom is -0.496 e. The molecule has 1 aliphatic rings. The van der Waals surface area contributed by atoms with Crippen molar-refractivity contribution in [1.29, 1.82) is 0 Å². The summed E-state index contributed by atoms with van der Waals surface area (Å²) in [5, 5.41) is 13.9. The second-order valence-corrected chi connectivity index (χ2v) is 6.84. The molecular formula is C21H22N2O6. The second kappa shape index (κ2) is 8.72. The van der Waals surface area contributed by atoms with E-state index in [2.05, 4.69) is 5.32 Å². The van der Waals surface area contributed by atoms with Gasteiger partial charge < -0.3 is 14.8 Å². The van der Waals surface area contributed by atoms with E-state index in [-0.39, 0.29) is 23.0 Å².